The summed E-state index contributed by atoms with van der Waals surface area (Å²) >= 11 is 0. The van der Waals surface area contributed by atoms with E-state index in [4.69, 9.17) is 0 Å². The highest BCUT2D eigenvalue weighted by molar-refractivity contribution is 4.61. The molecule has 0 aromatic heterocycles. The summed E-state index contributed by atoms with van der Waals surface area (Å²) in [6, 6.07) is 0. The van der Waals surface area contributed by atoms with Crippen LogP contribution in [0.3, 0.4) is 0 Å². The van der Waals surface area contributed by atoms with Crippen LogP contribution in [0.4, 0.5) is 0 Å². The molecule has 0 heterocycles. The minimum absolute atomic E-state index is 1.03. The van der Waals surface area contributed by atoms with Crippen LogP contribution in [0.5, 0.6) is 0 Å². The fraction of sp³-hybridized carbons (Fsp3) is 1.00. The molecule has 0 fully saturated rings. The lowest BCUT2D eigenvalue weighted by Crippen LogP contribution is -2.00. The highest BCUT2D eigenvalue weighted by atomic mass is 14.1. The quantitative estimate of drug-likeness (QED) is 0.0544. The van der Waals surface area contributed by atoms with Gasteiger partial charge in [-0.05, 0) is 5.92 Å². The summed E-state index contributed by atoms with van der Waals surface area (Å²) in [7, 11) is 0. The van der Waals surface area contributed by atoms with Crippen molar-refractivity contribution in [1.29, 1.82) is 0 Å². The van der Waals surface area contributed by atoms with E-state index in [0.29, 0.717) is 0 Å². The molecule has 0 bridgehead atoms. The average Bonchev–Trinajstić information content (AvgIpc) is 3.17. The van der Waals surface area contributed by atoms with Gasteiger partial charge in [-0.3, -0.25) is 0 Å². The Bertz CT molecular complexity index is 593. The van der Waals surface area contributed by atoms with Crippen LogP contribution in [0, 0.1) is 5.92 Å². The Balaban J connectivity index is 3.31. The van der Waals surface area contributed by atoms with Gasteiger partial charge in [-0.25, -0.2) is 0 Å². The monoisotopic (exact) mass is 745 g/mol. The molecule has 0 nitrogen and oxygen atoms in total. The van der Waals surface area contributed by atoms with Crippen molar-refractivity contribution in [3.8, 4) is 0 Å². The van der Waals surface area contributed by atoms with Gasteiger partial charge in [0.05, 0.1) is 0 Å². The van der Waals surface area contributed by atoms with Gasteiger partial charge >= 0.3 is 0 Å². The maximum absolute atomic E-state index is 2.41. The van der Waals surface area contributed by atoms with Crippen molar-refractivity contribution in [1.82, 2.24) is 0 Å². The lowest BCUT2D eigenvalue weighted by atomic mass is 9.90. The zero-order valence-corrected chi connectivity index (χ0v) is 38.2. The molecule has 0 N–H and O–H groups in total. The summed E-state index contributed by atoms with van der Waals surface area (Å²) in [5.41, 5.74) is 0. The van der Waals surface area contributed by atoms with E-state index < -0.39 is 0 Å². The standard InChI is InChI=1S/C53H108/c1-4-7-9-11-13-15-17-19-21-23-25-27-29-31-33-35-37-39-41-43-45-47-49-52-53(50-6-3)51-48-46-44-42-40-38-36-34-32-30-28-26-24-22-20-18-16-14-12-10-8-5-2/h53H,4-52H2,1-3H3. The Morgan fingerprint density at radius 3 is 0.453 bits per heavy atom. The van der Waals surface area contributed by atoms with Gasteiger partial charge in [0.15, 0.2) is 0 Å². The molecule has 0 aliphatic heterocycles. The van der Waals surface area contributed by atoms with Crippen molar-refractivity contribution in [3.05, 3.63) is 0 Å². The SMILES string of the molecule is CCCCCCCCCCCCCCCCCCCCCCCCCC(CCC)CCCCCCCCCCCCCCCCCCCCCCCC. The molecule has 0 saturated carbocycles. The van der Waals surface area contributed by atoms with Crippen molar-refractivity contribution in [2.75, 3.05) is 0 Å². The first-order chi connectivity index (χ1) is 26.3. The Morgan fingerprint density at radius 2 is 0.302 bits per heavy atom. The van der Waals surface area contributed by atoms with Gasteiger partial charge in [0.25, 0.3) is 0 Å². The van der Waals surface area contributed by atoms with E-state index in [1.165, 1.54) is 315 Å². The molecule has 0 heteroatoms. The summed E-state index contributed by atoms with van der Waals surface area (Å²) in [5, 5.41) is 0. The molecular weight excluding hydrogens is 637 g/mol. The maximum atomic E-state index is 2.41. The summed E-state index contributed by atoms with van der Waals surface area (Å²) in [4.78, 5) is 0. The van der Waals surface area contributed by atoms with Gasteiger partial charge in [0.1, 0.15) is 0 Å². The van der Waals surface area contributed by atoms with Crippen LogP contribution in [-0.2, 0) is 0 Å². The van der Waals surface area contributed by atoms with E-state index in [-0.39, 0.29) is 0 Å². The van der Waals surface area contributed by atoms with Gasteiger partial charge in [-0.15, -0.1) is 0 Å². The van der Waals surface area contributed by atoms with Gasteiger partial charge < -0.3 is 0 Å². The molecule has 1 atom stereocenters. The Morgan fingerprint density at radius 1 is 0.151 bits per heavy atom. The molecule has 0 rings (SSSR count). The van der Waals surface area contributed by atoms with Crippen LogP contribution in [0.1, 0.15) is 335 Å². The molecule has 0 spiro atoms. The molecule has 0 amide bonds. The zero-order valence-electron chi connectivity index (χ0n) is 38.2. The van der Waals surface area contributed by atoms with Gasteiger partial charge in [0.2, 0.25) is 0 Å². The summed E-state index contributed by atoms with van der Waals surface area (Å²) < 4.78 is 0. The van der Waals surface area contributed by atoms with E-state index in [1.807, 2.05) is 0 Å². The fourth-order valence-corrected chi connectivity index (χ4v) is 9.10. The van der Waals surface area contributed by atoms with Crippen LogP contribution in [0.25, 0.3) is 0 Å². The minimum Gasteiger partial charge on any atom is -0.0654 e. The first-order valence-corrected chi connectivity index (χ1v) is 26.3. The number of hydrogen-bond donors (Lipinski definition) is 0. The molecule has 0 aliphatic rings. The third kappa shape index (κ3) is 48.1. The normalized spacial score (nSPS) is 12.3. The lowest BCUT2D eigenvalue weighted by Gasteiger charge is -2.16. The second kappa shape index (κ2) is 50.0. The van der Waals surface area contributed by atoms with Crippen molar-refractivity contribution >= 4 is 0 Å². The van der Waals surface area contributed by atoms with Crippen LogP contribution in [-0.4, -0.2) is 0 Å². The van der Waals surface area contributed by atoms with Crippen molar-refractivity contribution in [2.24, 2.45) is 5.92 Å². The Kier molecular flexibility index (Phi) is 50.0. The van der Waals surface area contributed by atoms with Gasteiger partial charge in [-0.1, -0.05) is 335 Å². The predicted molar refractivity (Wildman–Crippen MR) is 247 cm³/mol. The molecule has 0 aromatic rings. The molecule has 53 heavy (non-hydrogen) atoms. The molecule has 0 aliphatic carbocycles. The fourth-order valence-electron chi connectivity index (χ4n) is 9.10. The van der Waals surface area contributed by atoms with E-state index in [9.17, 15) is 0 Å². The third-order valence-electron chi connectivity index (χ3n) is 12.9. The maximum Gasteiger partial charge on any atom is -0.0414 e. The highest BCUT2D eigenvalue weighted by Gasteiger charge is 2.07. The second-order valence-electron chi connectivity index (χ2n) is 18.4. The van der Waals surface area contributed by atoms with Crippen LogP contribution in [0.2, 0.25) is 0 Å². The van der Waals surface area contributed by atoms with Crippen molar-refractivity contribution in [3.63, 3.8) is 0 Å². The van der Waals surface area contributed by atoms with Gasteiger partial charge in [-0.2, -0.15) is 0 Å². The Hall–Kier alpha value is 0. The highest BCUT2D eigenvalue weighted by Crippen LogP contribution is 2.24. The first kappa shape index (κ1) is 53.0. The molecule has 0 aromatic carbocycles. The van der Waals surface area contributed by atoms with Gasteiger partial charge in [0, 0.05) is 0 Å². The smallest absolute Gasteiger partial charge is 0.0414 e. The van der Waals surface area contributed by atoms with Crippen molar-refractivity contribution in [2.45, 2.75) is 335 Å². The second-order valence-corrected chi connectivity index (χ2v) is 18.4. The number of hydrogen-bond acceptors (Lipinski definition) is 0. The topological polar surface area (TPSA) is 0 Å². The minimum atomic E-state index is 1.03. The summed E-state index contributed by atoms with van der Waals surface area (Å²) in [6.07, 6.45) is 72.8. The van der Waals surface area contributed by atoms with Crippen molar-refractivity contribution < 1.29 is 0 Å². The molecule has 0 radical (unpaired) electrons. The average molecular weight is 745 g/mol. The van der Waals surface area contributed by atoms with E-state index >= 15 is 0 Å². The van der Waals surface area contributed by atoms with Crippen LogP contribution < -0.4 is 0 Å². The van der Waals surface area contributed by atoms with Crippen LogP contribution in [0.15, 0.2) is 0 Å². The largest absolute Gasteiger partial charge is 0.0654 e. The summed E-state index contributed by atoms with van der Waals surface area (Å²) in [6.45, 7) is 7.04. The van der Waals surface area contributed by atoms with Crippen LogP contribution >= 0.6 is 0 Å². The molecule has 0 saturated heterocycles. The third-order valence-corrected chi connectivity index (χ3v) is 12.9. The molecular formula is C53H108. The van der Waals surface area contributed by atoms with E-state index in [1.54, 1.807) is 0 Å². The molecule has 320 valence electrons. The molecule has 1 unspecified atom stereocenters. The number of unbranched alkanes of at least 4 members (excludes halogenated alkanes) is 43. The first-order valence-electron chi connectivity index (χ1n) is 26.3. The zero-order chi connectivity index (χ0) is 38.2. The lowest BCUT2D eigenvalue weighted by molar-refractivity contribution is 0.376. The summed E-state index contributed by atoms with van der Waals surface area (Å²) in [5.74, 6) is 1.03. The van der Waals surface area contributed by atoms with E-state index in [0.717, 1.165) is 5.92 Å². The Labute approximate surface area is 340 Å². The predicted octanol–water partition coefficient (Wildman–Crippen LogP) is 20.8. The van der Waals surface area contributed by atoms with E-state index in [2.05, 4.69) is 20.8 Å². The number of rotatable bonds is 49.